The van der Waals surface area contributed by atoms with Gasteiger partial charge in [0.1, 0.15) is 11.6 Å². The molecule has 2 aromatic carbocycles. The molecule has 0 heterocycles. The second-order valence-electron chi connectivity index (χ2n) is 6.39. The van der Waals surface area contributed by atoms with Crippen LogP contribution in [0.1, 0.15) is 29.8 Å². The summed E-state index contributed by atoms with van der Waals surface area (Å²) in [5.74, 6) is -3.44. The molecule has 2 aromatic rings. The summed E-state index contributed by atoms with van der Waals surface area (Å²) in [6.07, 6.45) is 1.44. The zero-order valence-electron chi connectivity index (χ0n) is 16.6. The first-order valence-electron chi connectivity index (χ1n) is 9.05. The average molecular weight is 447 g/mol. The maximum Gasteiger partial charge on any atom is 0.387 e. The molecular weight excluding hydrogens is 428 g/mol. The molecule has 0 fully saturated rings. The smallest absolute Gasteiger partial charge is 0.387 e. The lowest BCUT2D eigenvalue weighted by Crippen LogP contribution is -2.32. The quantitative estimate of drug-likeness (QED) is 0.461. The molecule has 4 nitrogen and oxygen atoms in total. The first-order valence-corrected chi connectivity index (χ1v) is 9.05. The molecule has 2 rings (SSSR count). The fourth-order valence-electron chi connectivity index (χ4n) is 2.76. The molecule has 31 heavy (non-hydrogen) atoms. The SMILES string of the molecule is CCN(C/C(C)=C/c1ccc(F)cc1F)C(=O)c1ccc(OC(F)F)c(OC(F)F)c1. The molecule has 0 N–H and O–H groups in total. The number of amides is 1. The second kappa shape index (κ2) is 10.7. The van der Waals surface area contributed by atoms with Crippen molar-refractivity contribution in [3.63, 3.8) is 0 Å². The van der Waals surface area contributed by atoms with Gasteiger partial charge in [-0.1, -0.05) is 11.6 Å². The number of hydrogen-bond donors (Lipinski definition) is 0. The number of halogens is 6. The zero-order chi connectivity index (χ0) is 23.1. The summed E-state index contributed by atoms with van der Waals surface area (Å²) in [6.45, 7) is -3.04. The molecule has 0 saturated heterocycles. The van der Waals surface area contributed by atoms with E-state index in [0.29, 0.717) is 5.57 Å². The normalized spacial score (nSPS) is 11.7. The van der Waals surface area contributed by atoms with Gasteiger partial charge in [-0.2, -0.15) is 17.6 Å². The third-order valence-electron chi connectivity index (χ3n) is 4.10. The Labute approximate surface area is 174 Å². The highest BCUT2D eigenvalue weighted by atomic mass is 19.3. The molecule has 10 heteroatoms. The molecule has 0 aliphatic heterocycles. The van der Waals surface area contributed by atoms with E-state index in [0.717, 1.165) is 30.3 Å². The molecule has 0 unspecified atom stereocenters. The Hall–Kier alpha value is -3.17. The Morgan fingerprint density at radius 1 is 1.00 bits per heavy atom. The molecule has 0 aromatic heterocycles. The van der Waals surface area contributed by atoms with E-state index in [-0.39, 0.29) is 24.2 Å². The van der Waals surface area contributed by atoms with E-state index in [2.05, 4.69) is 9.47 Å². The van der Waals surface area contributed by atoms with Crippen LogP contribution in [0.25, 0.3) is 6.08 Å². The van der Waals surface area contributed by atoms with Crippen molar-refractivity contribution in [1.82, 2.24) is 4.90 Å². The first kappa shape index (κ1) is 24.1. The fourth-order valence-corrected chi connectivity index (χ4v) is 2.76. The van der Waals surface area contributed by atoms with Gasteiger partial charge in [0.05, 0.1) is 0 Å². The number of nitrogens with zero attached hydrogens (tertiary/aromatic N) is 1. The number of alkyl halides is 4. The zero-order valence-corrected chi connectivity index (χ0v) is 16.6. The lowest BCUT2D eigenvalue weighted by molar-refractivity contribution is -0.0692. The Morgan fingerprint density at radius 3 is 2.23 bits per heavy atom. The molecule has 168 valence electrons. The van der Waals surface area contributed by atoms with Gasteiger partial charge in [0, 0.05) is 30.3 Å². The minimum Gasteiger partial charge on any atom is -0.431 e. The highest BCUT2D eigenvalue weighted by Gasteiger charge is 2.20. The average Bonchev–Trinajstić information content (AvgIpc) is 2.68. The van der Waals surface area contributed by atoms with E-state index in [1.165, 1.54) is 17.0 Å². The van der Waals surface area contributed by atoms with Crippen LogP contribution in [0.2, 0.25) is 0 Å². The standard InChI is InChI=1S/C21H19F6NO3/c1-3-28(11-12(2)8-13-4-6-15(22)10-16(13)23)19(29)14-5-7-17(30-20(24)25)18(9-14)31-21(26)27/h4-10,20-21H,3,11H2,1-2H3/b12-8+. The van der Waals surface area contributed by atoms with Crippen LogP contribution in [0, 0.1) is 11.6 Å². The van der Waals surface area contributed by atoms with Crippen molar-refractivity contribution >= 4 is 12.0 Å². The largest absolute Gasteiger partial charge is 0.431 e. The molecule has 0 aliphatic carbocycles. The lowest BCUT2D eigenvalue weighted by atomic mass is 10.1. The molecular formula is C21H19F6NO3. The van der Waals surface area contributed by atoms with Gasteiger partial charge in [0.15, 0.2) is 11.5 Å². The summed E-state index contributed by atoms with van der Waals surface area (Å²) in [5.41, 5.74) is 0.589. The topological polar surface area (TPSA) is 38.8 Å². The van der Waals surface area contributed by atoms with E-state index in [9.17, 15) is 31.1 Å². The summed E-state index contributed by atoms with van der Waals surface area (Å²) in [7, 11) is 0. The number of benzene rings is 2. The predicted molar refractivity (Wildman–Crippen MR) is 101 cm³/mol. The Kier molecular flexibility index (Phi) is 8.35. The highest BCUT2D eigenvalue weighted by Crippen LogP contribution is 2.31. The van der Waals surface area contributed by atoms with Crippen LogP contribution >= 0.6 is 0 Å². The molecule has 0 spiro atoms. The van der Waals surface area contributed by atoms with Gasteiger partial charge in [-0.3, -0.25) is 4.79 Å². The Balaban J connectivity index is 2.25. The number of likely N-dealkylation sites (N-methyl/N-ethyl adjacent to an activating group) is 1. The Bertz CT molecular complexity index is 949. The molecule has 1 amide bonds. The number of carbonyl (C=O) groups excluding carboxylic acids is 1. The van der Waals surface area contributed by atoms with Crippen molar-refractivity contribution < 1.29 is 40.6 Å². The number of hydrogen-bond acceptors (Lipinski definition) is 3. The van der Waals surface area contributed by atoms with Gasteiger partial charge in [0.25, 0.3) is 5.91 Å². The summed E-state index contributed by atoms with van der Waals surface area (Å²) in [6, 6.07) is 6.03. The van der Waals surface area contributed by atoms with E-state index in [1.54, 1.807) is 13.8 Å². The maximum absolute atomic E-state index is 13.8. The third-order valence-corrected chi connectivity index (χ3v) is 4.10. The minimum atomic E-state index is -3.32. The van der Waals surface area contributed by atoms with Crippen LogP contribution in [0.3, 0.4) is 0 Å². The summed E-state index contributed by atoms with van der Waals surface area (Å²) >= 11 is 0. The monoisotopic (exact) mass is 447 g/mol. The number of carbonyl (C=O) groups is 1. The van der Waals surface area contributed by atoms with Gasteiger partial charge < -0.3 is 14.4 Å². The van der Waals surface area contributed by atoms with Gasteiger partial charge in [-0.05, 0) is 44.2 Å². The van der Waals surface area contributed by atoms with Crippen molar-refractivity contribution in [3.05, 3.63) is 64.7 Å². The van der Waals surface area contributed by atoms with Crippen molar-refractivity contribution in [2.75, 3.05) is 13.1 Å². The highest BCUT2D eigenvalue weighted by molar-refractivity contribution is 5.95. The first-order chi connectivity index (χ1) is 14.6. The summed E-state index contributed by atoms with van der Waals surface area (Å²) in [5, 5.41) is 0. The molecule has 0 radical (unpaired) electrons. The van der Waals surface area contributed by atoms with Crippen LogP contribution in [0.15, 0.2) is 42.0 Å². The summed E-state index contributed by atoms with van der Waals surface area (Å²) in [4.78, 5) is 14.1. The van der Waals surface area contributed by atoms with Crippen LogP contribution in [-0.2, 0) is 0 Å². The van der Waals surface area contributed by atoms with Crippen molar-refractivity contribution in [3.8, 4) is 11.5 Å². The molecule has 0 atom stereocenters. The van der Waals surface area contributed by atoms with Gasteiger partial charge in [0.2, 0.25) is 0 Å². The van der Waals surface area contributed by atoms with E-state index in [4.69, 9.17) is 0 Å². The lowest BCUT2D eigenvalue weighted by Gasteiger charge is -2.22. The van der Waals surface area contributed by atoms with Crippen molar-refractivity contribution in [1.29, 1.82) is 0 Å². The van der Waals surface area contributed by atoms with Gasteiger partial charge in [-0.15, -0.1) is 0 Å². The number of ether oxygens (including phenoxy) is 2. The maximum atomic E-state index is 13.8. The Morgan fingerprint density at radius 2 is 1.65 bits per heavy atom. The van der Waals surface area contributed by atoms with Crippen LogP contribution in [0.4, 0.5) is 26.3 Å². The van der Waals surface area contributed by atoms with Crippen LogP contribution in [0.5, 0.6) is 11.5 Å². The minimum absolute atomic E-state index is 0.0481. The predicted octanol–water partition coefficient (Wildman–Crippen LogP) is 5.73. The van der Waals surface area contributed by atoms with Crippen LogP contribution < -0.4 is 9.47 Å². The molecule has 0 aliphatic rings. The van der Waals surface area contributed by atoms with E-state index in [1.807, 2.05) is 0 Å². The van der Waals surface area contributed by atoms with Crippen molar-refractivity contribution in [2.24, 2.45) is 0 Å². The summed E-state index contributed by atoms with van der Waals surface area (Å²) < 4.78 is 85.3. The van der Waals surface area contributed by atoms with E-state index >= 15 is 0 Å². The number of rotatable bonds is 9. The fraction of sp³-hybridized carbons (Fsp3) is 0.286. The van der Waals surface area contributed by atoms with E-state index < -0.39 is 42.3 Å². The van der Waals surface area contributed by atoms with Crippen molar-refractivity contribution in [2.45, 2.75) is 27.1 Å². The second-order valence-corrected chi connectivity index (χ2v) is 6.39. The van der Waals surface area contributed by atoms with Crippen LogP contribution in [-0.4, -0.2) is 37.1 Å². The molecule has 0 bridgehead atoms. The molecule has 0 saturated carbocycles. The third kappa shape index (κ3) is 6.94. The van der Waals surface area contributed by atoms with Gasteiger partial charge in [-0.25, -0.2) is 8.78 Å². The van der Waals surface area contributed by atoms with Gasteiger partial charge >= 0.3 is 13.2 Å².